The second-order valence-electron chi connectivity index (χ2n) is 4.60. The van der Waals surface area contributed by atoms with Crippen molar-refractivity contribution in [2.24, 2.45) is 5.73 Å². The van der Waals surface area contributed by atoms with Crippen molar-refractivity contribution in [1.82, 2.24) is 4.98 Å². The molecule has 1 aliphatic carbocycles. The maximum Gasteiger partial charge on any atom is 0.136 e. The molecule has 0 aromatic carbocycles. The molecule has 3 nitrogen and oxygen atoms in total. The fourth-order valence-corrected chi connectivity index (χ4v) is 2.50. The largest absolute Gasteiger partial charge is 0.389 e. The minimum absolute atomic E-state index is 0.411. The Balaban J connectivity index is 2.09. The lowest BCUT2D eigenvalue weighted by Gasteiger charge is -2.18. The average molecular weight is 249 g/mol. The second kappa shape index (κ2) is 5.96. The van der Waals surface area contributed by atoms with Crippen molar-refractivity contribution >= 4 is 23.0 Å². The third kappa shape index (κ3) is 3.40. The summed E-state index contributed by atoms with van der Waals surface area (Å²) in [5, 5.41) is 3.49. The molecule has 1 aromatic heterocycles. The van der Waals surface area contributed by atoms with Crippen LogP contribution in [0.2, 0.25) is 0 Å². The van der Waals surface area contributed by atoms with Gasteiger partial charge in [-0.25, -0.2) is 4.98 Å². The van der Waals surface area contributed by atoms with Crippen LogP contribution in [0.3, 0.4) is 0 Å². The Kier molecular flexibility index (Phi) is 4.31. The van der Waals surface area contributed by atoms with Gasteiger partial charge in [0, 0.05) is 12.2 Å². The third-order valence-electron chi connectivity index (χ3n) is 3.27. The van der Waals surface area contributed by atoms with E-state index in [1.165, 1.54) is 38.5 Å². The normalized spacial score (nSPS) is 17.4. The van der Waals surface area contributed by atoms with Gasteiger partial charge in [-0.3, -0.25) is 0 Å². The molecule has 0 radical (unpaired) electrons. The van der Waals surface area contributed by atoms with Crippen LogP contribution in [0.1, 0.15) is 44.1 Å². The number of anilines is 1. The van der Waals surface area contributed by atoms with Crippen LogP contribution >= 0.6 is 12.2 Å². The number of nitrogens with zero attached hydrogens (tertiary/aromatic N) is 1. The van der Waals surface area contributed by atoms with E-state index in [2.05, 4.69) is 10.3 Å². The molecule has 0 unspecified atom stereocenters. The summed E-state index contributed by atoms with van der Waals surface area (Å²) in [6.45, 7) is 0. The number of nitrogens with one attached hydrogen (secondary N) is 1. The molecule has 1 heterocycles. The van der Waals surface area contributed by atoms with E-state index in [9.17, 15) is 0 Å². The summed E-state index contributed by atoms with van der Waals surface area (Å²) in [6.07, 6.45) is 9.51. The minimum Gasteiger partial charge on any atom is -0.389 e. The molecule has 4 heteroatoms. The summed E-state index contributed by atoms with van der Waals surface area (Å²) >= 11 is 5.04. The van der Waals surface area contributed by atoms with Crippen molar-refractivity contribution in [2.75, 3.05) is 5.32 Å². The Hall–Kier alpha value is -1.16. The monoisotopic (exact) mass is 249 g/mol. The van der Waals surface area contributed by atoms with Gasteiger partial charge in [-0.2, -0.15) is 0 Å². The Morgan fingerprint density at radius 1 is 1.29 bits per heavy atom. The van der Waals surface area contributed by atoms with Gasteiger partial charge in [0.05, 0.1) is 5.56 Å². The molecule has 1 aliphatic rings. The predicted molar refractivity (Wildman–Crippen MR) is 75.2 cm³/mol. The van der Waals surface area contributed by atoms with Crippen molar-refractivity contribution < 1.29 is 0 Å². The van der Waals surface area contributed by atoms with Crippen molar-refractivity contribution in [3.05, 3.63) is 23.9 Å². The van der Waals surface area contributed by atoms with E-state index >= 15 is 0 Å². The van der Waals surface area contributed by atoms with Crippen LogP contribution < -0.4 is 11.1 Å². The highest BCUT2D eigenvalue weighted by atomic mass is 32.1. The Morgan fingerprint density at radius 3 is 2.65 bits per heavy atom. The molecule has 1 saturated carbocycles. The summed E-state index contributed by atoms with van der Waals surface area (Å²) in [5.74, 6) is 0.840. The van der Waals surface area contributed by atoms with E-state index in [4.69, 9.17) is 18.0 Å². The van der Waals surface area contributed by atoms with E-state index in [1.54, 1.807) is 6.20 Å². The highest BCUT2D eigenvalue weighted by Gasteiger charge is 2.14. The van der Waals surface area contributed by atoms with Gasteiger partial charge in [-0.1, -0.05) is 37.9 Å². The van der Waals surface area contributed by atoms with Crippen LogP contribution in [0.4, 0.5) is 5.82 Å². The van der Waals surface area contributed by atoms with E-state index in [0.29, 0.717) is 11.0 Å². The predicted octanol–water partition coefficient (Wildman–Crippen LogP) is 2.85. The standard InChI is InChI=1S/C13H19N3S/c14-12(17)11-8-5-9-15-13(11)16-10-6-3-1-2-4-7-10/h5,8-10H,1-4,6-7H2,(H2,14,17)(H,15,16). The van der Waals surface area contributed by atoms with Crippen molar-refractivity contribution in [3.8, 4) is 0 Å². The summed E-state index contributed by atoms with van der Waals surface area (Å²) < 4.78 is 0. The van der Waals surface area contributed by atoms with Crippen molar-refractivity contribution in [3.63, 3.8) is 0 Å². The van der Waals surface area contributed by atoms with Crippen LogP contribution in [-0.4, -0.2) is 16.0 Å². The van der Waals surface area contributed by atoms with Crippen LogP contribution in [0, 0.1) is 0 Å². The van der Waals surface area contributed by atoms with Crippen LogP contribution in [-0.2, 0) is 0 Å². The first-order valence-electron chi connectivity index (χ1n) is 6.29. The highest BCUT2D eigenvalue weighted by molar-refractivity contribution is 7.80. The van der Waals surface area contributed by atoms with Gasteiger partial charge in [0.1, 0.15) is 10.8 Å². The third-order valence-corrected chi connectivity index (χ3v) is 3.49. The Morgan fingerprint density at radius 2 is 2.00 bits per heavy atom. The zero-order valence-electron chi connectivity index (χ0n) is 9.98. The highest BCUT2D eigenvalue weighted by Crippen LogP contribution is 2.21. The number of rotatable bonds is 3. The number of hydrogen-bond donors (Lipinski definition) is 2. The lowest BCUT2D eigenvalue weighted by molar-refractivity contribution is 0.617. The number of hydrogen-bond acceptors (Lipinski definition) is 3. The topological polar surface area (TPSA) is 50.9 Å². The van der Waals surface area contributed by atoms with Crippen LogP contribution in [0.5, 0.6) is 0 Å². The Bertz CT molecular complexity index is 384. The zero-order valence-corrected chi connectivity index (χ0v) is 10.8. The van der Waals surface area contributed by atoms with E-state index in [1.807, 2.05) is 12.1 Å². The average Bonchev–Trinajstić information content (AvgIpc) is 2.58. The van der Waals surface area contributed by atoms with Gasteiger partial charge in [0.2, 0.25) is 0 Å². The van der Waals surface area contributed by atoms with E-state index < -0.39 is 0 Å². The fraction of sp³-hybridized carbons (Fsp3) is 0.538. The maximum absolute atomic E-state index is 5.70. The minimum atomic E-state index is 0.411. The molecule has 0 aliphatic heterocycles. The van der Waals surface area contributed by atoms with Gasteiger partial charge < -0.3 is 11.1 Å². The molecule has 1 fully saturated rings. The summed E-state index contributed by atoms with van der Waals surface area (Å²) in [6, 6.07) is 4.31. The van der Waals surface area contributed by atoms with Gasteiger partial charge >= 0.3 is 0 Å². The number of pyridine rings is 1. The van der Waals surface area contributed by atoms with Crippen molar-refractivity contribution in [2.45, 2.75) is 44.6 Å². The van der Waals surface area contributed by atoms with E-state index in [-0.39, 0.29) is 0 Å². The molecule has 0 atom stereocenters. The van der Waals surface area contributed by atoms with Crippen molar-refractivity contribution in [1.29, 1.82) is 0 Å². The van der Waals surface area contributed by atoms with Crippen LogP contribution in [0.15, 0.2) is 18.3 Å². The molecule has 0 saturated heterocycles. The van der Waals surface area contributed by atoms with Gasteiger partial charge in [-0.15, -0.1) is 0 Å². The molecular formula is C13H19N3S. The lowest BCUT2D eigenvalue weighted by Crippen LogP contribution is -2.22. The fourth-order valence-electron chi connectivity index (χ4n) is 2.34. The number of nitrogens with two attached hydrogens (primary N) is 1. The zero-order chi connectivity index (χ0) is 12.1. The molecule has 0 spiro atoms. The maximum atomic E-state index is 5.70. The second-order valence-corrected chi connectivity index (χ2v) is 5.04. The molecule has 0 amide bonds. The Labute approximate surface area is 108 Å². The SMILES string of the molecule is NC(=S)c1cccnc1NC1CCCCCC1. The summed E-state index contributed by atoms with van der Waals surface area (Å²) in [5.41, 5.74) is 6.56. The van der Waals surface area contributed by atoms with Gasteiger partial charge in [0.15, 0.2) is 0 Å². The number of thiocarbonyl (C=S) groups is 1. The smallest absolute Gasteiger partial charge is 0.136 e. The first-order chi connectivity index (χ1) is 8.27. The van der Waals surface area contributed by atoms with Gasteiger partial charge in [-0.05, 0) is 25.0 Å². The first-order valence-corrected chi connectivity index (χ1v) is 6.69. The molecule has 0 bridgehead atoms. The summed E-state index contributed by atoms with van der Waals surface area (Å²) in [4.78, 5) is 4.76. The van der Waals surface area contributed by atoms with Crippen LogP contribution in [0.25, 0.3) is 0 Å². The summed E-state index contributed by atoms with van der Waals surface area (Å²) in [7, 11) is 0. The van der Waals surface area contributed by atoms with E-state index in [0.717, 1.165) is 11.4 Å². The molecule has 3 N–H and O–H groups in total. The molecule has 92 valence electrons. The number of aromatic nitrogens is 1. The first kappa shape index (κ1) is 12.3. The lowest BCUT2D eigenvalue weighted by atomic mass is 10.1. The van der Waals surface area contributed by atoms with Gasteiger partial charge in [0.25, 0.3) is 0 Å². The molecule has 2 rings (SSSR count). The molecule has 1 aromatic rings. The molecular weight excluding hydrogens is 230 g/mol. The quantitative estimate of drug-likeness (QED) is 0.639. The molecule has 17 heavy (non-hydrogen) atoms.